The molecule has 0 saturated heterocycles. The van der Waals surface area contributed by atoms with Gasteiger partial charge in [0.2, 0.25) is 0 Å². The summed E-state index contributed by atoms with van der Waals surface area (Å²) in [6.45, 7) is 0. The quantitative estimate of drug-likeness (QED) is 0.365. The van der Waals surface area contributed by atoms with Crippen LogP contribution in [0.2, 0.25) is 0 Å². The molecule has 0 heterocycles. The van der Waals surface area contributed by atoms with Crippen molar-refractivity contribution in [2.75, 3.05) is 0 Å². The van der Waals surface area contributed by atoms with Gasteiger partial charge in [0.05, 0.1) is 4.92 Å². The van der Waals surface area contributed by atoms with Crippen molar-refractivity contribution in [1.29, 1.82) is 0 Å². The lowest BCUT2D eigenvalue weighted by molar-refractivity contribution is -0.384. The van der Waals surface area contributed by atoms with E-state index in [0.29, 0.717) is 5.88 Å². The number of nitro groups is 1. The summed E-state index contributed by atoms with van der Waals surface area (Å²) in [4.78, 5) is 9.80. The van der Waals surface area contributed by atoms with Gasteiger partial charge in [0.1, 0.15) is 0 Å². The molecule has 0 bridgehead atoms. The third-order valence-electron chi connectivity index (χ3n) is 1.28. The van der Waals surface area contributed by atoms with Crippen LogP contribution in [0, 0.1) is 10.1 Å². The van der Waals surface area contributed by atoms with E-state index >= 15 is 0 Å². The molecular weight excluding hydrogens is 262 g/mol. The lowest BCUT2D eigenvalue weighted by atomic mass is 10.2. The predicted octanol–water partition coefficient (Wildman–Crippen LogP) is 1.68. The number of alkyl halides is 1. The van der Waals surface area contributed by atoms with Gasteiger partial charge in [-0.25, -0.2) is 0 Å². The maximum Gasteiger partial charge on any atom is 0.394 e. The van der Waals surface area contributed by atoms with Crippen molar-refractivity contribution in [3.63, 3.8) is 0 Å². The van der Waals surface area contributed by atoms with Gasteiger partial charge in [0.25, 0.3) is 5.69 Å². The second-order valence-electron chi connectivity index (χ2n) is 2.51. The Morgan fingerprint density at radius 2 is 1.88 bits per heavy atom. The largest absolute Gasteiger partial charge is 0.394 e. The van der Waals surface area contributed by atoms with Crippen LogP contribution in [0.1, 0.15) is 5.56 Å². The minimum absolute atomic E-state index is 0.0863. The molecule has 0 aliphatic rings. The summed E-state index contributed by atoms with van der Waals surface area (Å²) >= 11 is 5.48. The van der Waals surface area contributed by atoms with E-state index in [1.807, 2.05) is 0 Å². The second kappa shape index (κ2) is 6.38. The highest BCUT2D eigenvalue weighted by Crippen LogP contribution is 2.13. The summed E-state index contributed by atoms with van der Waals surface area (Å²) in [5.74, 6) is 0.307. The number of nitrogens with zero attached hydrogens (tertiary/aromatic N) is 1. The van der Waals surface area contributed by atoms with Gasteiger partial charge in [-0.3, -0.25) is 19.2 Å². The molecular formula is C7H8ClNO6S. The van der Waals surface area contributed by atoms with Gasteiger partial charge >= 0.3 is 10.4 Å². The molecule has 0 aliphatic carbocycles. The van der Waals surface area contributed by atoms with Crippen molar-refractivity contribution in [3.05, 3.63) is 39.9 Å². The van der Waals surface area contributed by atoms with Crippen molar-refractivity contribution in [2.24, 2.45) is 0 Å². The number of halogens is 1. The molecule has 1 rings (SSSR count). The molecule has 9 heteroatoms. The monoisotopic (exact) mass is 269 g/mol. The van der Waals surface area contributed by atoms with Crippen LogP contribution in [0.4, 0.5) is 5.69 Å². The fraction of sp³-hybridized carbons (Fsp3) is 0.143. The predicted molar refractivity (Wildman–Crippen MR) is 56.8 cm³/mol. The zero-order valence-electron chi connectivity index (χ0n) is 7.78. The zero-order chi connectivity index (χ0) is 12.8. The topological polar surface area (TPSA) is 118 Å². The fourth-order valence-electron chi connectivity index (χ4n) is 0.753. The van der Waals surface area contributed by atoms with E-state index in [9.17, 15) is 10.1 Å². The first kappa shape index (κ1) is 14.8. The average Bonchev–Trinajstić information content (AvgIpc) is 2.15. The number of non-ortho nitro benzene ring substituents is 1. The van der Waals surface area contributed by atoms with E-state index in [4.69, 9.17) is 29.1 Å². The van der Waals surface area contributed by atoms with E-state index in [0.717, 1.165) is 5.56 Å². The summed E-state index contributed by atoms with van der Waals surface area (Å²) < 4.78 is 31.6. The van der Waals surface area contributed by atoms with Gasteiger partial charge in [-0.1, -0.05) is 12.1 Å². The van der Waals surface area contributed by atoms with Crippen LogP contribution in [0.3, 0.4) is 0 Å². The van der Waals surface area contributed by atoms with Crippen LogP contribution >= 0.6 is 11.6 Å². The Morgan fingerprint density at radius 3 is 2.25 bits per heavy atom. The van der Waals surface area contributed by atoms with Crippen LogP contribution in [0.5, 0.6) is 0 Å². The number of hydrogen-bond donors (Lipinski definition) is 2. The highest BCUT2D eigenvalue weighted by molar-refractivity contribution is 7.79. The molecule has 0 aromatic heterocycles. The molecule has 0 atom stereocenters. The molecule has 2 N–H and O–H groups in total. The van der Waals surface area contributed by atoms with Crippen LogP contribution in [-0.2, 0) is 16.3 Å². The standard InChI is InChI=1S/C7H6ClNO2.H2O4S/c8-5-6-2-1-3-7(4-6)9(10)11;1-5(2,3)4/h1-4H,5H2;(H2,1,2,3,4). The van der Waals surface area contributed by atoms with Gasteiger partial charge in [0, 0.05) is 18.0 Å². The first-order valence-electron chi connectivity index (χ1n) is 3.73. The van der Waals surface area contributed by atoms with Crippen LogP contribution in [-0.4, -0.2) is 22.4 Å². The molecule has 7 nitrogen and oxygen atoms in total. The number of benzene rings is 1. The van der Waals surface area contributed by atoms with E-state index in [1.165, 1.54) is 12.1 Å². The Balaban J connectivity index is 0.000000385. The fourth-order valence-corrected chi connectivity index (χ4v) is 0.919. The number of nitro benzene ring substituents is 1. The van der Waals surface area contributed by atoms with Crippen LogP contribution in [0.25, 0.3) is 0 Å². The summed E-state index contributed by atoms with van der Waals surface area (Å²) in [5.41, 5.74) is 0.851. The minimum atomic E-state index is -4.67. The van der Waals surface area contributed by atoms with E-state index in [2.05, 4.69) is 0 Å². The maximum absolute atomic E-state index is 10.2. The number of hydrogen-bond acceptors (Lipinski definition) is 4. The maximum atomic E-state index is 10.2. The van der Waals surface area contributed by atoms with Gasteiger partial charge in [-0.2, -0.15) is 8.42 Å². The molecule has 90 valence electrons. The van der Waals surface area contributed by atoms with Gasteiger partial charge < -0.3 is 0 Å². The van der Waals surface area contributed by atoms with Crippen molar-refractivity contribution >= 4 is 27.7 Å². The first-order valence-corrected chi connectivity index (χ1v) is 5.66. The van der Waals surface area contributed by atoms with E-state index < -0.39 is 15.3 Å². The lowest BCUT2D eigenvalue weighted by Crippen LogP contribution is -1.89. The minimum Gasteiger partial charge on any atom is -0.264 e. The van der Waals surface area contributed by atoms with Gasteiger partial charge in [-0.05, 0) is 5.56 Å². The summed E-state index contributed by atoms with van der Waals surface area (Å²) in [6, 6.07) is 6.28. The molecule has 0 spiro atoms. The molecule has 0 radical (unpaired) electrons. The Bertz CT molecular complexity index is 452. The van der Waals surface area contributed by atoms with Crippen LogP contribution < -0.4 is 0 Å². The summed E-state index contributed by atoms with van der Waals surface area (Å²) in [7, 11) is -4.67. The molecule has 1 aromatic rings. The molecule has 0 unspecified atom stereocenters. The SMILES string of the molecule is O=S(=O)(O)O.O=[N+]([O-])c1cccc(CCl)c1. The van der Waals surface area contributed by atoms with E-state index in [1.54, 1.807) is 12.1 Å². The van der Waals surface area contributed by atoms with E-state index in [-0.39, 0.29) is 5.69 Å². The normalized spacial score (nSPS) is 10.2. The molecule has 0 saturated carbocycles. The van der Waals surface area contributed by atoms with Crippen LogP contribution in [0.15, 0.2) is 24.3 Å². The third-order valence-corrected chi connectivity index (χ3v) is 1.58. The molecule has 16 heavy (non-hydrogen) atoms. The van der Waals surface area contributed by atoms with Crippen molar-refractivity contribution in [1.82, 2.24) is 0 Å². The molecule has 0 aliphatic heterocycles. The summed E-state index contributed by atoms with van der Waals surface area (Å²) in [5, 5.41) is 10.2. The first-order chi connectivity index (χ1) is 7.24. The van der Waals surface area contributed by atoms with Crippen molar-refractivity contribution < 1.29 is 22.4 Å². The zero-order valence-corrected chi connectivity index (χ0v) is 9.35. The van der Waals surface area contributed by atoms with Crippen molar-refractivity contribution in [2.45, 2.75) is 5.88 Å². The van der Waals surface area contributed by atoms with Gasteiger partial charge in [0.15, 0.2) is 0 Å². The second-order valence-corrected chi connectivity index (χ2v) is 3.67. The summed E-state index contributed by atoms with van der Waals surface area (Å²) in [6.07, 6.45) is 0. The lowest BCUT2D eigenvalue weighted by Gasteiger charge is -1.93. The third kappa shape index (κ3) is 8.12. The smallest absolute Gasteiger partial charge is 0.264 e. The van der Waals surface area contributed by atoms with Crippen molar-refractivity contribution in [3.8, 4) is 0 Å². The van der Waals surface area contributed by atoms with Gasteiger partial charge in [-0.15, -0.1) is 11.6 Å². The Morgan fingerprint density at radius 1 is 1.38 bits per heavy atom. The Labute approximate surface area is 96.4 Å². The highest BCUT2D eigenvalue weighted by atomic mass is 35.5. The number of rotatable bonds is 2. The Hall–Kier alpha value is -1.22. The average molecular weight is 270 g/mol. The highest BCUT2D eigenvalue weighted by Gasteiger charge is 2.03. The molecule has 0 amide bonds. The Kier molecular flexibility index (Phi) is 5.89. The molecule has 0 fully saturated rings. The molecule has 1 aromatic carbocycles.